The lowest BCUT2D eigenvalue weighted by molar-refractivity contribution is 0.238. The van der Waals surface area contributed by atoms with Gasteiger partial charge in [0.25, 0.3) is 0 Å². The van der Waals surface area contributed by atoms with Gasteiger partial charge in [0.05, 0.1) is 20.3 Å². The average Bonchev–Trinajstić information content (AvgIpc) is 2.85. The molecule has 2 aromatic rings. The number of ether oxygens (including phenoxy) is 2. The maximum absolute atomic E-state index is 9.09. The molecule has 0 saturated heterocycles. The summed E-state index contributed by atoms with van der Waals surface area (Å²) in [5, 5.41) is 14.8. The van der Waals surface area contributed by atoms with Crippen LogP contribution >= 0.6 is 0 Å². The van der Waals surface area contributed by atoms with E-state index in [4.69, 9.17) is 14.7 Å². The quantitative estimate of drug-likeness (QED) is 0.144. The van der Waals surface area contributed by atoms with Gasteiger partial charge in [0.2, 0.25) is 5.96 Å². The van der Waals surface area contributed by atoms with Crippen molar-refractivity contribution < 1.29 is 9.47 Å². The molecule has 1 saturated carbocycles. The number of nitrogens with zero attached hydrogens (tertiary/aromatic N) is 2. The van der Waals surface area contributed by atoms with E-state index in [0.29, 0.717) is 37.0 Å². The highest BCUT2D eigenvalue weighted by molar-refractivity contribution is 5.94. The number of nitrogens with one attached hydrogen (secondary N) is 2. The number of hydrogen-bond donors (Lipinski definition) is 2. The van der Waals surface area contributed by atoms with Gasteiger partial charge >= 0.3 is 0 Å². The Morgan fingerprint density at radius 3 is 2.67 bits per heavy atom. The lowest BCUT2D eigenvalue weighted by Gasteiger charge is -2.21. The van der Waals surface area contributed by atoms with Crippen LogP contribution in [-0.4, -0.2) is 26.2 Å². The van der Waals surface area contributed by atoms with Crippen LogP contribution in [0.1, 0.15) is 50.5 Å². The number of hydrogen-bond acceptors (Lipinski definition) is 4. The molecule has 6 heteroatoms. The Bertz CT molecular complexity index is 996. The lowest BCUT2D eigenvalue weighted by atomic mass is 9.87. The van der Waals surface area contributed by atoms with E-state index in [1.54, 1.807) is 7.11 Å². The number of methoxy groups -OCH3 is 1. The molecule has 33 heavy (non-hydrogen) atoms. The van der Waals surface area contributed by atoms with Crippen molar-refractivity contribution in [3.63, 3.8) is 0 Å². The third-order valence-corrected chi connectivity index (χ3v) is 5.62. The maximum Gasteiger partial charge on any atom is 0.209 e. The Morgan fingerprint density at radius 2 is 1.91 bits per heavy atom. The summed E-state index contributed by atoms with van der Waals surface area (Å²) in [7, 11) is 1.64. The van der Waals surface area contributed by atoms with E-state index < -0.39 is 0 Å². The second-order valence-electron chi connectivity index (χ2n) is 8.02. The molecule has 0 aromatic heterocycles. The summed E-state index contributed by atoms with van der Waals surface area (Å²) in [6, 6.07) is 15.4. The zero-order chi connectivity index (χ0) is 23.1. The van der Waals surface area contributed by atoms with Gasteiger partial charge in [-0.3, -0.25) is 10.3 Å². The van der Waals surface area contributed by atoms with Crippen molar-refractivity contribution in [2.24, 2.45) is 10.9 Å². The van der Waals surface area contributed by atoms with E-state index in [9.17, 15) is 0 Å². The van der Waals surface area contributed by atoms with Crippen molar-refractivity contribution in [3.05, 3.63) is 54.1 Å². The molecule has 2 N–H and O–H groups in total. The summed E-state index contributed by atoms with van der Waals surface area (Å²) in [4.78, 5) is 4.43. The summed E-state index contributed by atoms with van der Waals surface area (Å²) in [6.07, 6.45) is 10.2. The highest BCUT2D eigenvalue weighted by Gasteiger charge is 2.14. The summed E-state index contributed by atoms with van der Waals surface area (Å²) in [5.41, 5.74) is 1.74. The Hall–Kier alpha value is -3.64. The van der Waals surface area contributed by atoms with Crippen molar-refractivity contribution in [2.45, 2.75) is 44.9 Å². The van der Waals surface area contributed by atoms with Crippen LogP contribution < -0.4 is 20.1 Å². The second kappa shape index (κ2) is 13.7. The minimum Gasteiger partial charge on any atom is -0.493 e. The molecule has 1 aliphatic rings. The molecule has 0 spiro atoms. The number of nitriles is 1. The Morgan fingerprint density at radius 1 is 1.09 bits per heavy atom. The lowest BCUT2D eigenvalue weighted by Crippen LogP contribution is -2.27. The summed E-state index contributed by atoms with van der Waals surface area (Å²) < 4.78 is 11.5. The first-order valence-electron chi connectivity index (χ1n) is 11.6. The first-order chi connectivity index (χ1) is 16.3. The first-order valence-corrected chi connectivity index (χ1v) is 11.6. The number of benzene rings is 2. The van der Waals surface area contributed by atoms with Crippen molar-refractivity contribution in [2.75, 3.05) is 25.6 Å². The normalized spacial score (nSPS) is 13.9. The molecule has 0 heterocycles. The fourth-order valence-electron chi connectivity index (χ4n) is 3.89. The minimum atomic E-state index is 0.373. The van der Waals surface area contributed by atoms with Crippen LogP contribution in [0.4, 0.5) is 5.69 Å². The molecule has 0 unspecified atom stereocenters. The van der Waals surface area contributed by atoms with E-state index >= 15 is 0 Å². The highest BCUT2D eigenvalue weighted by atomic mass is 16.5. The third kappa shape index (κ3) is 8.43. The van der Waals surface area contributed by atoms with Gasteiger partial charge in [-0.05, 0) is 36.6 Å². The van der Waals surface area contributed by atoms with Crippen LogP contribution in [0.2, 0.25) is 0 Å². The monoisotopic (exact) mass is 444 g/mol. The molecule has 0 radical (unpaired) electrons. The van der Waals surface area contributed by atoms with E-state index in [0.717, 1.165) is 23.6 Å². The molecule has 0 bridgehead atoms. The second-order valence-corrected chi connectivity index (χ2v) is 8.02. The van der Waals surface area contributed by atoms with Crippen LogP contribution in [0.5, 0.6) is 11.5 Å². The van der Waals surface area contributed by atoms with Crippen LogP contribution in [-0.2, 0) is 0 Å². The summed E-state index contributed by atoms with van der Waals surface area (Å²) in [6.45, 7) is 1.14. The van der Waals surface area contributed by atoms with E-state index in [1.165, 1.54) is 32.1 Å². The number of aliphatic imine (C=N–C) groups is 1. The van der Waals surface area contributed by atoms with Gasteiger partial charge in [0.15, 0.2) is 17.7 Å². The van der Waals surface area contributed by atoms with Crippen LogP contribution in [0.15, 0.2) is 53.5 Å². The standard InChI is InChI=1S/C27H32N4O2/c1-32-25-16-15-24(20-26(25)33-19-17-23-12-6-3-7-13-23)31-27(30-21-28)29-18-9-8-14-22-10-4-2-5-11-22/h2,4-5,10-11,15-16,20,23H,3,6-7,9,12-13,17-19H2,1H3,(H2,29,30,31). The van der Waals surface area contributed by atoms with Crippen molar-refractivity contribution in [1.82, 2.24) is 5.32 Å². The first kappa shape index (κ1) is 24.0. The Labute approximate surface area is 197 Å². The minimum absolute atomic E-state index is 0.373. The van der Waals surface area contributed by atoms with Crippen molar-refractivity contribution in [3.8, 4) is 29.5 Å². The van der Waals surface area contributed by atoms with Gasteiger partial charge in [-0.1, -0.05) is 62.1 Å². The van der Waals surface area contributed by atoms with Gasteiger partial charge in [-0.2, -0.15) is 5.26 Å². The SMILES string of the molecule is COc1ccc(NC(=NCCC#Cc2ccccc2)NC#N)cc1OCCC1CCCCC1. The van der Waals surface area contributed by atoms with E-state index in [2.05, 4.69) is 27.5 Å². The molecule has 3 rings (SSSR count). The number of guanidine groups is 1. The molecule has 1 fully saturated rings. The molecule has 6 nitrogen and oxygen atoms in total. The zero-order valence-electron chi connectivity index (χ0n) is 19.3. The highest BCUT2D eigenvalue weighted by Crippen LogP contribution is 2.31. The van der Waals surface area contributed by atoms with Gasteiger partial charge < -0.3 is 14.8 Å². The van der Waals surface area contributed by atoms with Gasteiger partial charge in [-0.25, -0.2) is 0 Å². The van der Waals surface area contributed by atoms with Gasteiger partial charge in [-0.15, -0.1) is 0 Å². The maximum atomic E-state index is 9.09. The molecule has 1 aliphatic carbocycles. The predicted molar refractivity (Wildman–Crippen MR) is 132 cm³/mol. The average molecular weight is 445 g/mol. The Balaban J connectivity index is 1.56. The molecule has 0 aliphatic heterocycles. The topological polar surface area (TPSA) is 78.7 Å². The summed E-state index contributed by atoms with van der Waals surface area (Å²) in [5.74, 6) is 8.72. The molecular weight excluding hydrogens is 412 g/mol. The molecule has 172 valence electrons. The van der Waals surface area contributed by atoms with Gasteiger partial charge in [0, 0.05) is 23.7 Å². The van der Waals surface area contributed by atoms with Crippen LogP contribution in [0.3, 0.4) is 0 Å². The van der Waals surface area contributed by atoms with E-state index in [-0.39, 0.29) is 0 Å². The van der Waals surface area contributed by atoms with Crippen LogP contribution in [0, 0.1) is 29.2 Å². The predicted octanol–water partition coefficient (Wildman–Crippen LogP) is 5.32. The fourth-order valence-corrected chi connectivity index (χ4v) is 3.89. The number of rotatable bonds is 8. The summed E-state index contributed by atoms with van der Waals surface area (Å²) >= 11 is 0. The third-order valence-electron chi connectivity index (χ3n) is 5.62. The van der Waals surface area contributed by atoms with E-state index in [1.807, 2.05) is 54.7 Å². The zero-order valence-corrected chi connectivity index (χ0v) is 19.3. The van der Waals surface area contributed by atoms with Crippen LogP contribution in [0.25, 0.3) is 0 Å². The van der Waals surface area contributed by atoms with Crippen molar-refractivity contribution in [1.29, 1.82) is 5.26 Å². The van der Waals surface area contributed by atoms with Crippen molar-refractivity contribution >= 4 is 11.6 Å². The smallest absolute Gasteiger partial charge is 0.209 e. The fraction of sp³-hybridized carbons (Fsp3) is 0.407. The largest absolute Gasteiger partial charge is 0.493 e. The molecular formula is C27H32N4O2. The molecule has 0 atom stereocenters. The Kier molecular flexibility index (Phi) is 9.97. The molecule has 0 amide bonds. The van der Waals surface area contributed by atoms with Gasteiger partial charge in [0.1, 0.15) is 0 Å². The molecule has 2 aromatic carbocycles. The number of anilines is 1.